The van der Waals surface area contributed by atoms with E-state index in [1.165, 1.54) is 5.56 Å². The second-order valence-corrected chi connectivity index (χ2v) is 5.71. The van der Waals surface area contributed by atoms with Gasteiger partial charge in [-0.3, -0.25) is 4.79 Å². The molecule has 2 rings (SSSR count). The monoisotopic (exact) mass is 274 g/mol. The molecule has 0 saturated carbocycles. The standard InChI is InChI=1S/C16H22N2O2/c1-11(2)7-13-8-14(17-9-13)16(19)18(4)10-15-12(3)5-6-20-15/h5-6,8-9,11,17H,7,10H2,1-4H3. The van der Waals surface area contributed by atoms with Crippen LogP contribution in [0, 0.1) is 12.8 Å². The van der Waals surface area contributed by atoms with Crippen LogP contribution < -0.4 is 0 Å². The molecule has 0 unspecified atom stereocenters. The highest BCUT2D eigenvalue weighted by Gasteiger charge is 2.16. The van der Waals surface area contributed by atoms with E-state index in [4.69, 9.17) is 4.42 Å². The number of nitrogens with one attached hydrogen (secondary N) is 1. The molecule has 1 N–H and O–H groups in total. The van der Waals surface area contributed by atoms with Crippen molar-refractivity contribution in [2.45, 2.75) is 33.7 Å². The Hall–Kier alpha value is -1.97. The highest BCUT2D eigenvalue weighted by atomic mass is 16.3. The van der Waals surface area contributed by atoms with E-state index >= 15 is 0 Å². The zero-order valence-electron chi connectivity index (χ0n) is 12.6. The number of rotatable bonds is 5. The largest absolute Gasteiger partial charge is 0.467 e. The van der Waals surface area contributed by atoms with Crippen LogP contribution in [0.1, 0.15) is 41.2 Å². The molecule has 0 aliphatic rings. The molecule has 2 aromatic heterocycles. The molecule has 4 nitrogen and oxygen atoms in total. The first-order chi connectivity index (χ1) is 9.47. The molecule has 0 atom stereocenters. The number of aryl methyl sites for hydroxylation is 1. The Kier molecular flexibility index (Phi) is 4.32. The Bertz CT molecular complexity index is 581. The quantitative estimate of drug-likeness (QED) is 0.908. The van der Waals surface area contributed by atoms with Gasteiger partial charge in [-0.15, -0.1) is 0 Å². The molecule has 2 heterocycles. The van der Waals surface area contributed by atoms with Gasteiger partial charge in [-0.05, 0) is 42.5 Å². The van der Waals surface area contributed by atoms with Gasteiger partial charge in [-0.2, -0.15) is 0 Å². The molecule has 0 saturated heterocycles. The van der Waals surface area contributed by atoms with Gasteiger partial charge in [0.25, 0.3) is 5.91 Å². The number of aromatic nitrogens is 1. The van der Waals surface area contributed by atoms with Crippen molar-refractivity contribution in [1.29, 1.82) is 0 Å². The number of furan rings is 1. The number of aromatic amines is 1. The van der Waals surface area contributed by atoms with Crippen LogP contribution in [0.2, 0.25) is 0 Å². The van der Waals surface area contributed by atoms with Crippen molar-refractivity contribution in [1.82, 2.24) is 9.88 Å². The molecule has 2 aromatic rings. The van der Waals surface area contributed by atoms with Crippen molar-refractivity contribution >= 4 is 5.91 Å². The van der Waals surface area contributed by atoms with Crippen LogP contribution in [0.15, 0.2) is 29.0 Å². The summed E-state index contributed by atoms with van der Waals surface area (Å²) in [6, 6.07) is 3.84. The molecular weight excluding hydrogens is 252 g/mol. The highest BCUT2D eigenvalue weighted by Crippen LogP contribution is 2.14. The molecule has 0 fully saturated rings. The van der Waals surface area contributed by atoms with Gasteiger partial charge >= 0.3 is 0 Å². The van der Waals surface area contributed by atoms with Gasteiger partial charge in [-0.1, -0.05) is 13.8 Å². The van der Waals surface area contributed by atoms with E-state index in [-0.39, 0.29) is 5.91 Å². The van der Waals surface area contributed by atoms with E-state index in [2.05, 4.69) is 18.8 Å². The van der Waals surface area contributed by atoms with E-state index < -0.39 is 0 Å². The number of hydrogen-bond acceptors (Lipinski definition) is 2. The zero-order valence-corrected chi connectivity index (χ0v) is 12.6. The SMILES string of the molecule is Cc1ccoc1CN(C)C(=O)c1cc(CC(C)C)c[nH]1. The summed E-state index contributed by atoms with van der Waals surface area (Å²) in [5, 5.41) is 0. The summed E-state index contributed by atoms with van der Waals surface area (Å²) in [5.41, 5.74) is 2.87. The van der Waals surface area contributed by atoms with Crippen LogP contribution in [0.4, 0.5) is 0 Å². The average Bonchev–Trinajstić information content (AvgIpc) is 2.98. The molecule has 0 spiro atoms. The molecule has 4 heteroatoms. The Morgan fingerprint density at radius 3 is 2.80 bits per heavy atom. The van der Waals surface area contributed by atoms with E-state index in [0.29, 0.717) is 18.2 Å². The molecule has 0 aliphatic heterocycles. The van der Waals surface area contributed by atoms with Crippen molar-refractivity contribution in [2.24, 2.45) is 5.92 Å². The predicted octanol–water partition coefficient (Wildman–Crippen LogP) is 3.39. The van der Waals surface area contributed by atoms with Crippen LogP contribution in [-0.2, 0) is 13.0 Å². The molecule has 0 bridgehead atoms. The maximum absolute atomic E-state index is 12.3. The predicted molar refractivity (Wildman–Crippen MR) is 78.6 cm³/mol. The summed E-state index contributed by atoms with van der Waals surface area (Å²) in [7, 11) is 1.78. The smallest absolute Gasteiger partial charge is 0.270 e. The molecule has 1 amide bonds. The second kappa shape index (κ2) is 5.99. The van der Waals surface area contributed by atoms with Gasteiger partial charge in [0.15, 0.2) is 0 Å². The molecule has 0 aromatic carbocycles. The fourth-order valence-corrected chi connectivity index (χ4v) is 2.21. The van der Waals surface area contributed by atoms with Crippen molar-refractivity contribution < 1.29 is 9.21 Å². The lowest BCUT2D eigenvalue weighted by Crippen LogP contribution is -2.26. The first kappa shape index (κ1) is 14.4. The van der Waals surface area contributed by atoms with E-state index in [0.717, 1.165) is 17.7 Å². The fraction of sp³-hybridized carbons (Fsp3) is 0.438. The van der Waals surface area contributed by atoms with E-state index in [1.54, 1.807) is 18.2 Å². The number of carbonyl (C=O) groups is 1. The first-order valence-corrected chi connectivity index (χ1v) is 6.93. The van der Waals surface area contributed by atoms with Crippen molar-refractivity contribution in [3.05, 3.63) is 47.2 Å². The van der Waals surface area contributed by atoms with Crippen LogP contribution in [0.5, 0.6) is 0 Å². The topological polar surface area (TPSA) is 49.2 Å². The van der Waals surface area contributed by atoms with Gasteiger partial charge in [0.1, 0.15) is 11.5 Å². The Balaban J connectivity index is 2.03. The zero-order chi connectivity index (χ0) is 14.7. The lowest BCUT2D eigenvalue weighted by Gasteiger charge is -2.15. The van der Waals surface area contributed by atoms with Gasteiger partial charge in [-0.25, -0.2) is 0 Å². The second-order valence-electron chi connectivity index (χ2n) is 5.71. The third-order valence-corrected chi connectivity index (χ3v) is 3.31. The van der Waals surface area contributed by atoms with Crippen LogP contribution in [0.3, 0.4) is 0 Å². The third-order valence-electron chi connectivity index (χ3n) is 3.31. The number of H-pyrrole nitrogens is 1. The van der Waals surface area contributed by atoms with Gasteiger partial charge < -0.3 is 14.3 Å². The van der Waals surface area contributed by atoms with Crippen molar-refractivity contribution in [3.8, 4) is 0 Å². The summed E-state index contributed by atoms with van der Waals surface area (Å²) >= 11 is 0. The molecule has 0 radical (unpaired) electrons. The normalized spacial score (nSPS) is 11.1. The first-order valence-electron chi connectivity index (χ1n) is 6.93. The highest BCUT2D eigenvalue weighted by molar-refractivity contribution is 5.92. The lowest BCUT2D eigenvalue weighted by molar-refractivity contribution is 0.0770. The summed E-state index contributed by atoms with van der Waals surface area (Å²) in [4.78, 5) is 17.1. The maximum atomic E-state index is 12.3. The Morgan fingerprint density at radius 1 is 1.45 bits per heavy atom. The summed E-state index contributed by atoms with van der Waals surface area (Å²) < 4.78 is 5.37. The van der Waals surface area contributed by atoms with Gasteiger partial charge in [0.05, 0.1) is 12.8 Å². The average molecular weight is 274 g/mol. The van der Waals surface area contributed by atoms with Crippen molar-refractivity contribution in [3.63, 3.8) is 0 Å². The van der Waals surface area contributed by atoms with Crippen LogP contribution >= 0.6 is 0 Å². The Morgan fingerprint density at radius 2 is 2.20 bits per heavy atom. The maximum Gasteiger partial charge on any atom is 0.270 e. The minimum absolute atomic E-state index is 0.0178. The molecule has 20 heavy (non-hydrogen) atoms. The number of hydrogen-bond donors (Lipinski definition) is 1. The number of nitrogens with zero attached hydrogens (tertiary/aromatic N) is 1. The minimum Gasteiger partial charge on any atom is -0.467 e. The molecular formula is C16H22N2O2. The van der Waals surface area contributed by atoms with Crippen LogP contribution in [-0.4, -0.2) is 22.8 Å². The summed E-state index contributed by atoms with van der Waals surface area (Å²) in [6.45, 7) is 6.79. The van der Waals surface area contributed by atoms with Crippen LogP contribution in [0.25, 0.3) is 0 Å². The van der Waals surface area contributed by atoms with E-state index in [1.807, 2.05) is 25.3 Å². The Labute approximate surface area is 119 Å². The summed E-state index contributed by atoms with van der Waals surface area (Å²) in [6.07, 6.45) is 4.54. The van der Waals surface area contributed by atoms with Gasteiger partial charge in [0, 0.05) is 13.2 Å². The lowest BCUT2D eigenvalue weighted by atomic mass is 10.1. The van der Waals surface area contributed by atoms with Gasteiger partial charge in [0.2, 0.25) is 0 Å². The molecule has 108 valence electrons. The number of amides is 1. The van der Waals surface area contributed by atoms with Crippen molar-refractivity contribution in [2.75, 3.05) is 7.05 Å². The minimum atomic E-state index is -0.0178. The summed E-state index contributed by atoms with van der Waals surface area (Å²) in [5.74, 6) is 1.39. The third kappa shape index (κ3) is 3.32. The fourth-order valence-electron chi connectivity index (χ4n) is 2.21. The molecule has 0 aliphatic carbocycles. The van der Waals surface area contributed by atoms with E-state index in [9.17, 15) is 4.79 Å². The number of carbonyl (C=O) groups excluding carboxylic acids is 1.